The van der Waals surface area contributed by atoms with Crippen LogP contribution < -0.4 is 4.90 Å². The standard InChI is InChI=1S/C20H24ClFN4O/c1-13(2)20-23-14(3)11-18(24-20)25-7-9-26(10-8-25)19(27)12-15-16(21)5-4-6-17(15)22/h4-6,11,13H,7-10,12H2,1-3H3. The van der Waals surface area contributed by atoms with Crippen LogP contribution in [0.4, 0.5) is 10.2 Å². The lowest BCUT2D eigenvalue weighted by Gasteiger charge is -2.35. The van der Waals surface area contributed by atoms with Crippen LogP contribution in [0.15, 0.2) is 24.3 Å². The van der Waals surface area contributed by atoms with Crippen molar-refractivity contribution in [1.29, 1.82) is 0 Å². The summed E-state index contributed by atoms with van der Waals surface area (Å²) in [6, 6.07) is 6.45. The molecule has 0 bridgehead atoms. The predicted octanol–water partition coefficient (Wildman–Crippen LogP) is 3.59. The monoisotopic (exact) mass is 390 g/mol. The van der Waals surface area contributed by atoms with E-state index in [0.717, 1.165) is 17.3 Å². The van der Waals surface area contributed by atoms with Gasteiger partial charge in [0.25, 0.3) is 0 Å². The molecule has 1 aliphatic heterocycles. The first-order valence-corrected chi connectivity index (χ1v) is 9.54. The van der Waals surface area contributed by atoms with E-state index in [1.54, 1.807) is 17.0 Å². The number of rotatable bonds is 4. The van der Waals surface area contributed by atoms with Gasteiger partial charge in [0.05, 0.1) is 6.42 Å². The third-order valence-corrected chi connectivity index (χ3v) is 5.07. The Labute approximate surface area is 164 Å². The Morgan fingerprint density at radius 2 is 1.93 bits per heavy atom. The van der Waals surface area contributed by atoms with Gasteiger partial charge in [-0.15, -0.1) is 0 Å². The number of halogens is 2. The summed E-state index contributed by atoms with van der Waals surface area (Å²) in [6.07, 6.45) is -0.0182. The van der Waals surface area contributed by atoms with E-state index < -0.39 is 5.82 Å². The van der Waals surface area contributed by atoms with Gasteiger partial charge < -0.3 is 9.80 Å². The molecule has 1 saturated heterocycles. The van der Waals surface area contributed by atoms with Crippen molar-refractivity contribution in [3.63, 3.8) is 0 Å². The van der Waals surface area contributed by atoms with Gasteiger partial charge in [-0.2, -0.15) is 0 Å². The number of anilines is 1. The highest BCUT2D eigenvalue weighted by Crippen LogP contribution is 2.22. The topological polar surface area (TPSA) is 49.3 Å². The van der Waals surface area contributed by atoms with Crippen molar-refractivity contribution in [2.75, 3.05) is 31.1 Å². The lowest BCUT2D eigenvalue weighted by molar-refractivity contribution is -0.130. The van der Waals surface area contributed by atoms with Crippen LogP contribution in [0.5, 0.6) is 0 Å². The van der Waals surface area contributed by atoms with Crippen molar-refractivity contribution < 1.29 is 9.18 Å². The van der Waals surface area contributed by atoms with Gasteiger partial charge in [0.15, 0.2) is 0 Å². The van der Waals surface area contributed by atoms with Crippen molar-refractivity contribution in [3.8, 4) is 0 Å². The molecule has 1 aromatic carbocycles. The quantitative estimate of drug-likeness (QED) is 0.800. The molecule has 0 N–H and O–H groups in total. The van der Waals surface area contributed by atoms with Crippen molar-refractivity contribution in [3.05, 3.63) is 52.2 Å². The molecule has 1 aliphatic rings. The highest BCUT2D eigenvalue weighted by molar-refractivity contribution is 6.31. The van der Waals surface area contributed by atoms with Crippen LogP contribution >= 0.6 is 11.6 Å². The summed E-state index contributed by atoms with van der Waals surface area (Å²) in [5, 5.41) is 0.291. The molecule has 0 spiro atoms. The Morgan fingerprint density at radius 1 is 1.22 bits per heavy atom. The van der Waals surface area contributed by atoms with E-state index in [1.807, 2.05) is 13.0 Å². The minimum atomic E-state index is -0.438. The van der Waals surface area contributed by atoms with Crippen LogP contribution in [0.25, 0.3) is 0 Å². The van der Waals surface area contributed by atoms with E-state index in [0.29, 0.717) is 31.2 Å². The Bertz CT molecular complexity index is 814. The number of aryl methyl sites for hydroxylation is 1. The van der Waals surface area contributed by atoms with Crippen LogP contribution in [0, 0.1) is 12.7 Å². The summed E-state index contributed by atoms with van der Waals surface area (Å²) in [4.78, 5) is 25.6. The second-order valence-electron chi connectivity index (χ2n) is 7.13. The van der Waals surface area contributed by atoms with Crippen LogP contribution in [-0.4, -0.2) is 47.0 Å². The molecule has 0 radical (unpaired) electrons. The van der Waals surface area contributed by atoms with E-state index in [9.17, 15) is 9.18 Å². The number of nitrogens with zero attached hydrogens (tertiary/aromatic N) is 4. The van der Waals surface area contributed by atoms with Gasteiger partial charge in [0.1, 0.15) is 17.5 Å². The molecule has 1 amide bonds. The summed E-state index contributed by atoms with van der Waals surface area (Å²) in [5.74, 6) is 1.45. The lowest BCUT2D eigenvalue weighted by Crippen LogP contribution is -2.49. The minimum Gasteiger partial charge on any atom is -0.353 e. The maximum absolute atomic E-state index is 13.9. The van der Waals surface area contributed by atoms with Crippen molar-refractivity contribution in [2.45, 2.75) is 33.1 Å². The molecule has 27 heavy (non-hydrogen) atoms. The number of amides is 1. The second kappa shape index (κ2) is 8.21. The molecule has 5 nitrogen and oxygen atoms in total. The molecule has 3 rings (SSSR count). The van der Waals surface area contributed by atoms with Crippen molar-refractivity contribution in [2.24, 2.45) is 0 Å². The zero-order valence-corrected chi connectivity index (χ0v) is 16.6. The van der Waals surface area contributed by atoms with E-state index in [4.69, 9.17) is 11.6 Å². The van der Waals surface area contributed by atoms with E-state index in [-0.39, 0.29) is 23.8 Å². The normalized spacial score (nSPS) is 14.7. The van der Waals surface area contributed by atoms with Gasteiger partial charge in [-0.25, -0.2) is 14.4 Å². The third kappa shape index (κ3) is 4.56. The average Bonchev–Trinajstić information content (AvgIpc) is 2.64. The Morgan fingerprint density at radius 3 is 2.56 bits per heavy atom. The molecule has 7 heteroatoms. The van der Waals surface area contributed by atoms with Crippen LogP contribution in [-0.2, 0) is 11.2 Å². The highest BCUT2D eigenvalue weighted by Gasteiger charge is 2.24. The SMILES string of the molecule is Cc1cc(N2CCN(C(=O)Cc3c(F)cccc3Cl)CC2)nc(C(C)C)n1. The summed E-state index contributed by atoms with van der Waals surface area (Å²) >= 11 is 6.04. The fraction of sp³-hybridized carbons (Fsp3) is 0.450. The summed E-state index contributed by atoms with van der Waals surface area (Å²) in [7, 11) is 0. The third-order valence-electron chi connectivity index (χ3n) is 4.72. The van der Waals surface area contributed by atoms with E-state index >= 15 is 0 Å². The molecular formula is C20H24ClFN4O. The molecule has 1 aromatic heterocycles. The number of hydrogen-bond acceptors (Lipinski definition) is 4. The fourth-order valence-electron chi connectivity index (χ4n) is 3.14. The molecule has 1 fully saturated rings. The van der Waals surface area contributed by atoms with Gasteiger partial charge >= 0.3 is 0 Å². The van der Waals surface area contributed by atoms with Crippen LogP contribution in [0.2, 0.25) is 5.02 Å². The lowest BCUT2D eigenvalue weighted by atomic mass is 10.1. The molecule has 0 saturated carbocycles. The van der Waals surface area contributed by atoms with Gasteiger partial charge in [-0.05, 0) is 19.1 Å². The van der Waals surface area contributed by atoms with Gasteiger partial charge in [0.2, 0.25) is 5.91 Å². The zero-order valence-electron chi connectivity index (χ0n) is 15.9. The van der Waals surface area contributed by atoms with Crippen molar-refractivity contribution >= 4 is 23.3 Å². The largest absolute Gasteiger partial charge is 0.353 e. The number of hydrogen-bond donors (Lipinski definition) is 0. The smallest absolute Gasteiger partial charge is 0.227 e. The number of piperazine rings is 1. The average molecular weight is 391 g/mol. The summed E-state index contributed by atoms with van der Waals surface area (Å²) in [6.45, 7) is 8.63. The fourth-order valence-corrected chi connectivity index (χ4v) is 3.37. The predicted molar refractivity (Wildman–Crippen MR) is 105 cm³/mol. The van der Waals surface area contributed by atoms with Crippen molar-refractivity contribution in [1.82, 2.24) is 14.9 Å². The van der Waals surface area contributed by atoms with E-state index in [2.05, 4.69) is 28.7 Å². The maximum Gasteiger partial charge on any atom is 0.227 e. The Kier molecular flexibility index (Phi) is 5.95. The Balaban J connectivity index is 1.64. The van der Waals surface area contributed by atoms with Gasteiger partial charge in [-0.3, -0.25) is 4.79 Å². The van der Waals surface area contributed by atoms with Crippen LogP contribution in [0.1, 0.15) is 36.8 Å². The molecule has 2 heterocycles. The van der Waals surface area contributed by atoms with Gasteiger partial charge in [0, 0.05) is 54.4 Å². The number of carbonyl (C=O) groups is 1. The molecule has 0 atom stereocenters. The number of carbonyl (C=O) groups excluding carboxylic acids is 1. The van der Waals surface area contributed by atoms with Crippen LogP contribution in [0.3, 0.4) is 0 Å². The summed E-state index contributed by atoms with van der Waals surface area (Å²) < 4.78 is 13.9. The minimum absolute atomic E-state index is 0.0182. The maximum atomic E-state index is 13.9. The first kappa shape index (κ1) is 19.5. The number of aromatic nitrogens is 2. The first-order chi connectivity index (χ1) is 12.8. The summed E-state index contributed by atoms with van der Waals surface area (Å²) in [5.41, 5.74) is 1.20. The molecule has 144 valence electrons. The molecule has 0 aliphatic carbocycles. The number of benzene rings is 1. The van der Waals surface area contributed by atoms with Gasteiger partial charge in [-0.1, -0.05) is 31.5 Å². The second-order valence-corrected chi connectivity index (χ2v) is 7.53. The molecule has 2 aromatic rings. The van der Waals surface area contributed by atoms with E-state index in [1.165, 1.54) is 6.07 Å². The highest BCUT2D eigenvalue weighted by atomic mass is 35.5. The first-order valence-electron chi connectivity index (χ1n) is 9.16. The Hall–Kier alpha value is -2.21. The molecule has 0 unspecified atom stereocenters. The molecular weight excluding hydrogens is 367 g/mol. The zero-order chi connectivity index (χ0) is 19.6.